The van der Waals surface area contributed by atoms with Crippen LogP contribution in [-0.2, 0) is 14.0 Å². The smallest absolute Gasteiger partial charge is 0.442 e. The number of nitrogens with zero attached hydrogens (tertiary/aromatic N) is 2. The van der Waals surface area contributed by atoms with Crippen molar-refractivity contribution in [2.75, 3.05) is 0 Å². The van der Waals surface area contributed by atoms with Crippen molar-refractivity contribution in [3.63, 3.8) is 0 Å². The lowest BCUT2D eigenvalue weighted by molar-refractivity contribution is -0.0118. The molecule has 0 radical (unpaired) electrons. The lowest BCUT2D eigenvalue weighted by atomic mass is 9.80. The summed E-state index contributed by atoms with van der Waals surface area (Å²) in [5.41, 5.74) is 0.0871. The predicted octanol–water partition coefficient (Wildman–Crippen LogP) is 3.12. The molecule has 7 heteroatoms. The second-order valence-corrected chi connectivity index (χ2v) is 7.92. The third-order valence-electron chi connectivity index (χ3n) is 4.49. The maximum atomic E-state index is 11.6. The highest BCUT2D eigenvalue weighted by Crippen LogP contribution is 2.39. The van der Waals surface area contributed by atoms with Gasteiger partial charge in [-0.25, -0.2) is 4.79 Å². The normalized spacial score (nSPS) is 23.2. The van der Waals surface area contributed by atoms with Gasteiger partial charge in [0.2, 0.25) is 0 Å². The van der Waals surface area contributed by atoms with Crippen LogP contribution in [0, 0.1) is 0 Å². The number of carbonyl (C=O) groups is 1. The van der Waals surface area contributed by atoms with E-state index >= 15 is 0 Å². The summed E-state index contributed by atoms with van der Waals surface area (Å²) in [6.07, 6.45) is 3.28. The molecule has 1 unspecified atom stereocenters. The van der Waals surface area contributed by atoms with Crippen LogP contribution in [0.25, 0.3) is 0 Å². The lowest BCUT2D eigenvalue weighted by Gasteiger charge is -2.35. The van der Waals surface area contributed by atoms with E-state index in [0.717, 1.165) is 11.9 Å². The van der Waals surface area contributed by atoms with E-state index in [9.17, 15) is 4.79 Å². The van der Waals surface area contributed by atoms with Crippen molar-refractivity contribution in [1.29, 1.82) is 0 Å². The molecule has 25 heavy (non-hydrogen) atoms. The first-order chi connectivity index (χ1) is 11.5. The average Bonchev–Trinajstić information content (AvgIpc) is 2.75. The van der Waals surface area contributed by atoms with E-state index in [1.165, 1.54) is 6.21 Å². The molecule has 136 valence electrons. The van der Waals surface area contributed by atoms with Gasteiger partial charge >= 0.3 is 13.2 Å². The maximum absolute atomic E-state index is 11.6. The van der Waals surface area contributed by atoms with Gasteiger partial charge in [-0.15, -0.1) is 0 Å². The molecule has 1 fully saturated rings. The highest BCUT2D eigenvalue weighted by atomic mass is 16.7. The van der Waals surface area contributed by atoms with Crippen LogP contribution in [-0.4, -0.2) is 41.2 Å². The minimum absolute atomic E-state index is 0.353. The first-order valence-electron chi connectivity index (χ1n) is 8.54. The zero-order valence-corrected chi connectivity index (χ0v) is 16.1. The van der Waals surface area contributed by atoms with Gasteiger partial charge in [-0.2, -0.15) is 4.99 Å². The molecule has 0 saturated carbocycles. The van der Waals surface area contributed by atoms with Crippen LogP contribution in [0.4, 0.5) is 4.79 Å². The van der Waals surface area contributed by atoms with Crippen LogP contribution in [0.1, 0.15) is 60.6 Å². The van der Waals surface area contributed by atoms with E-state index in [1.807, 2.05) is 19.9 Å². The third kappa shape index (κ3) is 4.67. The lowest BCUT2D eigenvalue weighted by Crippen LogP contribution is -2.44. The van der Waals surface area contributed by atoms with Gasteiger partial charge in [-0.05, 0) is 54.0 Å². The molecule has 2 rings (SSSR count). The number of carbonyl (C=O) groups excluding carboxylic acids is 1. The number of aliphatic imine (C=N–C) groups is 1. The number of pyridine rings is 1. The molecule has 0 aliphatic carbocycles. The molecule has 2 heterocycles. The molecule has 1 saturated heterocycles. The second kappa shape index (κ2) is 6.88. The number of hydrogen-bond donors (Lipinski definition) is 0. The maximum Gasteiger partial charge on any atom is 0.496 e. The molecule has 0 N–H and O–H groups in total. The van der Waals surface area contributed by atoms with Gasteiger partial charge < -0.3 is 14.0 Å². The molecule has 1 aromatic heterocycles. The van der Waals surface area contributed by atoms with Crippen molar-refractivity contribution in [2.24, 2.45) is 4.99 Å². The Morgan fingerprint density at radius 3 is 2.48 bits per heavy atom. The van der Waals surface area contributed by atoms with Crippen LogP contribution < -0.4 is 5.46 Å². The fourth-order valence-electron chi connectivity index (χ4n) is 2.48. The highest BCUT2D eigenvalue weighted by molar-refractivity contribution is 6.62. The zero-order chi connectivity index (χ0) is 18.9. The van der Waals surface area contributed by atoms with Crippen LogP contribution in [0.15, 0.2) is 23.3 Å². The number of rotatable bonds is 3. The van der Waals surface area contributed by atoms with Crippen LogP contribution >= 0.6 is 0 Å². The van der Waals surface area contributed by atoms with E-state index in [1.54, 1.807) is 33.0 Å². The number of hydrogen-bond acceptors (Lipinski definition) is 5. The largest absolute Gasteiger partial charge is 0.496 e. The number of aromatic nitrogens is 1. The minimum Gasteiger partial charge on any atom is -0.442 e. The van der Waals surface area contributed by atoms with E-state index in [0.29, 0.717) is 5.69 Å². The summed E-state index contributed by atoms with van der Waals surface area (Å²) in [5.74, 6) is 0. The fourth-order valence-corrected chi connectivity index (χ4v) is 2.48. The van der Waals surface area contributed by atoms with Crippen LogP contribution in [0.5, 0.6) is 0 Å². The van der Waals surface area contributed by atoms with Gasteiger partial charge in [-0.1, -0.05) is 13.0 Å². The Hall–Kier alpha value is -1.73. The van der Waals surface area contributed by atoms with Crippen molar-refractivity contribution in [3.8, 4) is 0 Å². The topological polar surface area (TPSA) is 70.0 Å². The van der Waals surface area contributed by atoms with Crippen molar-refractivity contribution in [1.82, 2.24) is 4.98 Å². The average molecular weight is 346 g/mol. The Balaban J connectivity index is 2.05. The SMILES string of the molecule is CCC1(C)OB(c2ccc(/C=N/C(=O)OC(C)(C)C)nc2)OC1(C)C. The zero-order valence-electron chi connectivity index (χ0n) is 16.1. The van der Waals surface area contributed by atoms with Crippen molar-refractivity contribution < 1.29 is 18.8 Å². The van der Waals surface area contributed by atoms with Gasteiger partial charge in [0.25, 0.3) is 0 Å². The molecule has 0 bridgehead atoms. The molecule has 1 aliphatic rings. The van der Waals surface area contributed by atoms with Gasteiger partial charge in [0.15, 0.2) is 0 Å². The van der Waals surface area contributed by atoms with Gasteiger partial charge in [0.1, 0.15) is 5.60 Å². The highest BCUT2D eigenvalue weighted by Gasteiger charge is 2.53. The van der Waals surface area contributed by atoms with Crippen LogP contribution in [0.2, 0.25) is 0 Å². The summed E-state index contributed by atoms with van der Waals surface area (Å²) in [6, 6.07) is 3.64. The molecule has 0 aromatic carbocycles. The summed E-state index contributed by atoms with van der Waals surface area (Å²) < 4.78 is 17.3. The summed E-state index contributed by atoms with van der Waals surface area (Å²) in [7, 11) is -0.454. The first kappa shape index (κ1) is 19.6. The first-order valence-corrected chi connectivity index (χ1v) is 8.54. The Morgan fingerprint density at radius 1 is 1.32 bits per heavy atom. The molecule has 0 spiro atoms. The van der Waals surface area contributed by atoms with Crippen LogP contribution in [0.3, 0.4) is 0 Å². The van der Waals surface area contributed by atoms with E-state index in [4.69, 9.17) is 14.0 Å². The number of amides is 1. The summed E-state index contributed by atoms with van der Waals surface area (Å²) in [4.78, 5) is 19.6. The quantitative estimate of drug-likeness (QED) is 0.621. The fraction of sp³-hybridized carbons (Fsp3) is 0.611. The Labute approximate surface area is 150 Å². The van der Waals surface area contributed by atoms with E-state index in [-0.39, 0.29) is 11.2 Å². The predicted molar refractivity (Wildman–Crippen MR) is 98.4 cm³/mol. The van der Waals surface area contributed by atoms with Gasteiger partial charge in [0, 0.05) is 11.7 Å². The monoisotopic (exact) mass is 346 g/mol. The van der Waals surface area contributed by atoms with E-state index in [2.05, 4.69) is 23.8 Å². The minimum atomic E-state index is -0.638. The third-order valence-corrected chi connectivity index (χ3v) is 4.49. The summed E-state index contributed by atoms with van der Waals surface area (Å²) in [6.45, 7) is 13.6. The van der Waals surface area contributed by atoms with Crippen molar-refractivity contribution >= 4 is 24.9 Å². The second-order valence-electron chi connectivity index (χ2n) is 7.92. The molecule has 1 aliphatic heterocycles. The van der Waals surface area contributed by atoms with Crippen molar-refractivity contribution in [3.05, 3.63) is 24.0 Å². The Bertz CT molecular complexity index is 652. The van der Waals surface area contributed by atoms with Gasteiger partial charge in [0.05, 0.1) is 23.1 Å². The summed E-state index contributed by atoms with van der Waals surface area (Å²) >= 11 is 0. The Kier molecular flexibility index (Phi) is 5.39. The molecular weight excluding hydrogens is 319 g/mol. The molecule has 6 nitrogen and oxygen atoms in total. The molecule has 1 atom stereocenters. The summed E-state index contributed by atoms with van der Waals surface area (Å²) in [5, 5.41) is 0. The number of ether oxygens (including phenoxy) is 1. The van der Waals surface area contributed by atoms with E-state index < -0.39 is 18.8 Å². The van der Waals surface area contributed by atoms with Gasteiger partial charge in [-0.3, -0.25) is 4.98 Å². The molecular formula is C18H27BN2O4. The molecule has 1 amide bonds. The van der Waals surface area contributed by atoms with Crippen molar-refractivity contribution in [2.45, 2.75) is 71.7 Å². The molecule has 1 aromatic rings. The standard InChI is InChI=1S/C18H27BN2O4/c1-8-18(7)17(5,6)24-19(25-18)13-9-10-14(20-11-13)12-21-15(22)23-16(2,3)4/h9-12H,8H2,1-7H3/b21-12+. The Morgan fingerprint density at radius 2 is 2.00 bits per heavy atom.